The van der Waals surface area contributed by atoms with Crippen LogP contribution < -0.4 is 9.64 Å². The van der Waals surface area contributed by atoms with Crippen molar-refractivity contribution in [1.29, 1.82) is 0 Å². The molecule has 25 heavy (non-hydrogen) atoms. The predicted molar refractivity (Wildman–Crippen MR) is 92.1 cm³/mol. The van der Waals surface area contributed by atoms with Gasteiger partial charge in [-0.05, 0) is 43.3 Å². The highest BCUT2D eigenvalue weighted by atomic mass is 16.6. The van der Waals surface area contributed by atoms with Crippen molar-refractivity contribution in [2.75, 3.05) is 25.2 Å². The molecule has 0 aromatic heterocycles. The molecule has 1 heterocycles. The van der Waals surface area contributed by atoms with Gasteiger partial charge in [-0.2, -0.15) is 0 Å². The van der Waals surface area contributed by atoms with Gasteiger partial charge < -0.3 is 14.2 Å². The van der Waals surface area contributed by atoms with Crippen molar-refractivity contribution >= 4 is 17.7 Å². The summed E-state index contributed by atoms with van der Waals surface area (Å²) in [6, 6.07) is 14.3. The van der Waals surface area contributed by atoms with E-state index in [2.05, 4.69) is 4.74 Å². The highest BCUT2D eigenvalue weighted by molar-refractivity contribution is 5.90. The van der Waals surface area contributed by atoms with Crippen LogP contribution in [0.15, 0.2) is 48.5 Å². The minimum absolute atomic E-state index is 0.242. The van der Waals surface area contributed by atoms with E-state index in [1.54, 1.807) is 29.2 Å². The van der Waals surface area contributed by atoms with E-state index in [-0.39, 0.29) is 18.8 Å². The summed E-state index contributed by atoms with van der Waals surface area (Å²) in [5.41, 5.74) is 2.39. The molecule has 1 aliphatic heterocycles. The Morgan fingerprint density at radius 3 is 2.48 bits per heavy atom. The van der Waals surface area contributed by atoms with Gasteiger partial charge in [0.05, 0.1) is 19.2 Å². The van der Waals surface area contributed by atoms with Crippen molar-refractivity contribution in [3.05, 3.63) is 59.7 Å². The summed E-state index contributed by atoms with van der Waals surface area (Å²) in [5.74, 6) is 0.197. The molecule has 2 aromatic rings. The zero-order chi connectivity index (χ0) is 17.8. The third-order valence-electron chi connectivity index (χ3n) is 3.93. The van der Waals surface area contributed by atoms with E-state index in [0.717, 1.165) is 11.3 Å². The number of ether oxygens (including phenoxy) is 3. The molecule has 1 amide bonds. The monoisotopic (exact) mass is 341 g/mol. The van der Waals surface area contributed by atoms with Gasteiger partial charge in [0.1, 0.15) is 12.4 Å². The number of aryl methyl sites for hydroxylation is 1. The number of benzene rings is 2. The fourth-order valence-electron chi connectivity index (χ4n) is 2.54. The molecule has 0 bridgehead atoms. The first-order valence-corrected chi connectivity index (χ1v) is 7.93. The number of carbonyl (C=O) groups excluding carboxylic acids is 2. The molecule has 1 unspecified atom stereocenters. The molecule has 1 aliphatic rings. The molecule has 0 radical (unpaired) electrons. The molecule has 3 rings (SSSR count). The molecular weight excluding hydrogens is 322 g/mol. The molecule has 0 saturated carbocycles. The molecule has 0 aliphatic carbocycles. The second kappa shape index (κ2) is 7.25. The van der Waals surface area contributed by atoms with E-state index >= 15 is 0 Å². The first kappa shape index (κ1) is 16.8. The van der Waals surface area contributed by atoms with Crippen molar-refractivity contribution < 1.29 is 23.8 Å². The number of hydrogen-bond donors (Lipinski definition) is 0. The van der Waals surface area contributed by atoms with Crippen LogP contribution in [-0.4, -0.2) is 38.4 Å². The van der Waals surface area contributed by atoms with Crippen molar-refractivity contribution in [3.8, 4) is 5.75 Å². The van der Waals surface area contributed by atoms with E-state index in [4.69, 9.17) is 9.47 Å². The Bertz CT molecular complexity index is 754. The Morgan fingerprint density at radius 2 is 1.84 bits per heavy atom. The van der Waals surface area contributed by atoms with Gasteiger partial charge in [0, 0.05) is 5.69 Å². The molecule has 2 aromatic carbocycles. The van der Waals surface area contributed by atoms with Gasteiger partial charge in [0.15, 0.2) is 6.10 Å². The van der Waals surface area contributed by atoms with Crippen LogP contribution in [0.3, 0.4) is 0 Å². The van der Waals surface area contributed by atoms with Crippen molar-refractivity contribution in [2.24, 2.45) is 0 Å². The number of carbonyl (C=O) groups is 2. The topological polar surface area (TPSA) is 65.1 Å². The van der Waals surface area contributed by atoms with E-state index in [0.29, 0.717) is 17.9 Å². The highest BCUT2D eigenvalue weighted by Gasteiger charge is 2.32. The maximum atomic E-state index is 12.0. The lowest BCUT2D eigenvalue weighted by molar-refractivity contribution is 0.0600. The van der Waals surface area contributed by atoms with Gasteiger partial charge >= 0.3 is 12.1 Å². The summed E-state index contributed by atoms with van der Waals surface area (Å²) in [7, 11) is 1.33. The Labute approximate surface area is 145 Å². The number of rotatable bonds is 5. The second-order valence-electron chi connectivity index (χ2n) is 5.78. The zero-order valence-corrected chi connectivity index (χ0v) is 14.1. The Kier molecular flexibility index (Phi) is 4.88. The minimum atomic E-state index is -0.398. The third-order valence-corrected chi connectivity index (χ3v) is 3.93. The third kappa shape index (κ3) is 3.91. The maximum absolute atomic E-state index is 12.0. The SMILES string of the molecule is COC(=O)c1ccc(OCC2CN(c3ccc(C)cc3)C(=O)O2)cc1. The summed E-state index contributed by atoms with van der Waals surface area (Å²) in [6.07, 6.45) is -0.729. The molecule has 130 valence electrons. The quantitative estimate of drug-likeness (QED) is 0.782. The number of cyclic esters (lactones) is 1. The second-order valence-corrected chi connectivity index (χ2v) is 5.78. The van der Waals surface area contributed by atoms with Gasteiger partial charge in [0.25, 0.3) is 0 Å². The number of hydrogen-bond acceptors (Lipinski definition) is 5. The average molecular weight is 341 g/mol. The lowest BCUT2D eigenvalue weighted by atomic mass is 10.2. The molecule has 0 N–H and O–H groups in total. The Morgan fingerprint density at radius 1 is 1.16 bits per heavy atom. The van der Waals surface area contributed by atoms with Gasteiger partial charge in [-0.1, -0.05) is 17.7 Å². The first-order chi connectivity index (χ1) is 12.1. The van der Waals surface area contributed by atoms with E-state index in [9.17, 15) is 9.59 Å². The number of esters is 1. The average Bonchev–Trinajstić information content (AvgIpc) is 3.01. The van der Waals surface area contributed by atoms with E-state index < -0.39 is 5.97 Å². The van der Waals surface area contributed by atoms with Crippen LogP contribution in [0.25, 0.3) is 0 Å². The number of methoxy groups -OCH3 is 1. The zero-order valence-electron chi connectivity index (χ0n) is 14.1. The van der Waals surface area contributed by atoms with Crippen molar-refractivity contribution in [1.82, 2.24) is 0 Å². The molecule has 1 saturated heterocycles. The standard InChI is InChI=1S/C19H19NO5/c1-13-3-7-15(8-4-13)20-11-17(25-19(20)22)12-24-16-9-5-14(6-10-16)18(21)23-2/h3-10,17H,11-12H2,1-2H3. The molecule has 6 nitrogen and oxygen atoms in total. The molecule has 1 atom stereocenters. The largest absolute Gasteiger partial charge is 0.490 e. The first-order valence-electron chi connectivity index (χ1n) is 7.93. The van der Waals surface area contributed by atoms with Crippen LogP contribution in [0.4, 0.5) is 10.5 Å². The summed E-state index contributed by atoms with van der Waals surface area (Å²) in [5, 5.41) is 0. The van der Waals surface area contributed by atoms with Gasteiger partial charge in [-0.25, -0.2) is 9.59 Å². The van der Waals surface area contributed by atoms with E-state index in [1.165, 1.54) is 7.11 Å². The van der Waals surface area contributed by atoms with Crippen LogP contribution in [0.1, 0.15) is 15.9 Å². The smallest absolute Gasteiger partial charge is 0.414 e. The van der Waals surface area contributed by atoms with E-state index in [1.807, 2.05) is 31.2 Å². The summed E-state index contributed by atoms with van der Waals surface area (Å²) in [6.45, 7) is 2.67. The normalized spacial score (nSPS) is 16.5. The number of anilines is 1. The molecule has 6 heteroatoms. The van der Waals surface area contributed by atoms with Gasteiger partial charge in [-0.3, -0.25) is 4.90 Å². The lowest BCUT2D eigenvalue weighted by Crippen LogP contribution is -2.26. The van der Waals surface area contributed by atoms with Crippen LogP contribution in [0.2, 0.25) is 0 Å². The summed E-state index contributed by atoms with van der Waals surface area (Å²) < 4.78 is 15.6. The van der Waals surface area contributed by atoms with Crippen LogP contribution in [0.5, 0.6) is 5.75 Å². The highest BCUT2D eigenvalue weighted by Crippen LogP contribution is 2.23. The fourth-order valence-corrected chi connectivity index (χ4v) is 2.54. The van der Waals surface area contributed by atoms with Crippen LogP contribution in [0, 0.1) is 6.92 Å². The predicted octanol–water partition coefficient (Wildman–Crippen LogP) is 3.19. The number of amides is 1. The van der Waals surface area contributed by atoms with Gasteiger partial charge in [-0.15, -0.1) is 0 Å². The molecule has 0 spiro atoms. The molecular formula is C19H19NO5. The summed E-state index contributed by atoms with van der Waals surface area (Å²) >= 11 is 0. The Balaban J connectivity index is 1.56. The van der Waals surface area contributed by atoms with Gasteiger partial charge in [0.2, 0.25) is 0 Å². The molecule has 1 fully saturated rings. The fraction of sp³-hybridized carbons (Fsp3) is 0.263. The van der Waals surface area contributed by atoms with Crippen LogP contribution in [-0.2, 0) is 9.47 Å². The van der Waals surface area contributed by atoms with Crippen LogP contribution >= 0.6 is 0 Å². The van der Waals surface area contributed by atoms with Crippen molar-refractivity contribution in [3.63, 3.8) is 0 Å². The number of nitrogens with zero attached hydrogens (tertiary/aromatic N) is 1. The Hall–Kier alpha value is -3.02. The lowest BCUT2D eigenvalue weighted by Gasteiger charge is -2.13. The van der Waals surface area contributed by atoms with Crippen molar-refractivity contribution in [2.45, 2.75) is 13.0 Å². The maximum Gasteiger partial charge on any atom is 0.414 e. The minimum Gasteiger partial charge on any atom is -0.490 e. The summed E-state index contributed by atoms with van der Waals surface area (Å²) in [4.78, 5) is 25.0.